The Labute approximate surface area is 83.0 Å². The van der Waals surface area contributed by atoms with Crippen LogP contribution in [0.4, 0.5) is 0 Å². The molecule has 4 heteroatoms. The number of ether oxygens (including phenoxy) is 1. The van der Waals surface area contributed by atoms with Crippen LogP contribution in [0.1, 0.15) is 22.8 Å². The fourth-order valence-electron chi connectivity index (χ4n) is 1.19. The summed E-state index contributed by atoms with van der Waals surface area (Å²) in [7, 11) is 0. The summed E-state index contributed by atoms with van der Waals surface area (Å²) in [6, 6.07) is 7.22. The number of rotatable bonds is 4. The van der Waals surface area contributed by atoms with Gasteiger partial charge in [-0.25, -0.2) is 4.79 Å². The highest BCUT2D eigenvalue weighted by molar-refractivity contribution is 5.91. The molecule has 0 saturated heterocycles. The molecule has 0 atom stereocenters. The number of hydrazine groups is 1. The first-order valence-corrected chi connectivity index (χ1v) is 4.48. The van der Waals surface area contributed by atoms with Gasteiger partial charge in [0.2, 0.25) is 0 Å². The van der Waals surface area contributed by atoms with E-state index in [0.29, 0.717) is 18.7 Å². The van der Waals surface area contributed by atoms with E-state index in [4.69, 9.17) is 10.6 Å². The van der Waals surface area contributed by atoms with Crippen molar-refractivity contribution in [2.75, 3.05) is 6.61 Å². The molecule has 1 aromatic carbocycles. The third kappa shape index (κ3) is 2.55. The van der Waals surface area contributed by atoms with E-state index in [1.54, 1.807) is 19.1 Å². The topological polar surface area (TPSA) is 64.3 Å². The molecular weight excluding hydrogens is 180 g/mol. The lowest BCUT2D eigenvalue weighted by Crippen LogP contribution is -2.22. The molecule has 4 nitrogen and oxygen atoms in total. The van der Waals surface area contributed by atoms with Crippen LogP contribution in [0.2, 0.25) is 0 Å². The highest BCUT2D eigenvalue weighted by Gasteiger charge is 2.10. The molecule has 1 rings (SSSR count). The van der Waals surface area contributed by atoms with Crippen molar-refractivity contribution in [3.8, 4) is 0 Å². The Bertz CT molecular complexity index is 313. The van der Waals surface area contributed by atoms with Crippen LogP contribution < -0.4 is 11.3 Å². The molecule has 76 valence electrons. The summed E-state index contributed by atoms with van der Waals surface area (Å²) in [6.45, 7) is 2.61. The van der Waals surface area contributed by atoms with Crippen LogP contribution in [-0.2, 0) is 11.3 Å². The molecule has 14 heavy (non-hydrogen) atoms. The Morgan fingerprint density at radius 1 is 1.50 bits per heavy atom. The van der Waals surface area contributed by atoms with Gasteiger partial charge in [0.25, 0.3) is 0 Å². The zero-order valence-electron chi connectivity index (χ0n) is 8.12. The van der Waals surface area contributed by atoms with Crippen molar-refractivity contribution in [2.45, 2.75) is 13.5 Å². The molecule has 0 spiro atoms. The molecule has 0 aliphatic rings. The van der Waals surface area contributed by atoms with Gasteiger partial charge in [-0.2, -0.15) is 0 Å². The fourth-order valence-corrected chi connectivity index (χ4v) is 1.19. The van der Waals surface area contributed by atoms with Gasteiger partial charge in [-0.1, -0.05) is 18.2 Å². The summed E-state index contributed by atoms with van der Waals surface area (Å²) in [6.07, 6.45) is 0. The molecule has 1 aromatic rings. The number of nitrogens with one attached hydrogen (secondary N) is 1. The van der Waals surface area contributed by atoms with E-state index in [9.17, 15) is 4.79 Å². The maximum Gasteiger partial charge on any atom is 0.338 e. The summed E-state index contributed by atoms with van der Waals surface area (Å²) in [5.74, 6) is 4.89. The highest BCUT2D eigenvalue weighted by atomic mass is 16.5. The monoisotopic (exact) mass is 194 g/mol. The maximum atomic E-state index is 11.4. The van der Waals surface area contributed by atoms with E-state index < -0.39 is 0 Å². The predicted molar refractivity (Wildman–Crippen MR) is 53.4 cm³/mol. The van der Waals surface area contributed by atoms with E-state index in [0.717, 1.165) is 5.56 Å². The highest BCUT2D eigenvalue weighted by Crippen LogP contribution is 2.09. The largest absolute Gasteiger partial charge is 0.462 e. The molecule has 3 N–H and O–H groups in total. The Morgan fingerprint density at radius 3 is 2.86 bits per heavy atom. The van der Waals surface area contributed by atoms with Crippen LogP contribution in [0.3, 0.4) is 0 Å². The summed E-state index contributed by atoms with van der Waals surface area (Å²) < 4.78 is 4.91. The van der Waals surface area contributed by atoms with Gasteiger partial charge < -0.3 is 4.74 Å². The Hall–Kier alpha value is -1.39. The Morgan fingerprint density at radius 2 is 2.21 bits per heavy atom. The SMILES string of the molecule is CCOC(=O)c1ccccc1CNN. The molecule has 0 aliphatic heterocycles. The summed E-state index contributed by atoms with van der Waals surface area (Å²) in [5, 5.41) is 0. The first-order chi connectivity index (χ1) is 6.79. The Balaban J connectivity index is 2.88. The molecule has 0 aromatic heterocycles. The van der Waals surface area contributed by atoms with Crippen LogP contribution in [0.5, 0.6) is 0 Å². The minimum Gasteiger partial charge on any atom is -0.462 e. The van der Waals surface area contributed by atoms with Crippen LogP contribution in [-0.4, -0.2) is 12.6 Å². The van der Waals surface area contributed by atoms with Gasteiger partial charge in [0.15, 0.2) is 0 Å². The van der Waals surface area contributed by atoms with Crippen molar-refractivity contribution >= 4 is 5.97 Å². The van der Waals surface area contributed by atoms with E-state index in [-0.39, 0.29) is 5.97 Å². The van der Waals surface area contributed by atoms with Crippen LogP contribution >= 0.6 is 0 Å². The number of nitrogens with two attached hydrogens (primary N) is 1. The first-order valence-electron chi connectivity index (χ1n) is 4.48. The lowest BCUT2D eigenvalue weighted by atomic mass is 10.1. The standard InChI is InChI=1S/C10H14N2O2/c1-2-14-10(13)9-6-4-3-5-8(9)7-12-11/h3-6,12H,2,7,11H2,1H3. The number of hydrogen-bond donors (Lipinski definition) is 2. The molecular formula is C10H14N2O2. The van der Waals surface area contributed by atoms with Gasteiger partial charge >= 0.3 is 5.97 Å². The van der Waals surface area contributed by atoms with Crippen LogP contribution in [0.15, 0.2) is 24.3 Å². The van der Waals surface area contributed by atoms with Gasteiger partial charge in [0.1, 0.15) is 0 Å². The van der Waals surface area contributed by atoms with Crippen molar-refractivity contribution in [3.63, 3.8) is 0 Å². The molecule has 0 fully saturated rings. The average molecular weight is 194 g/mol. The van der Waals surface area contributed by atoms with Gasteiger partial charge in [-0.05, 0) is 18.6 Å². The zero-order chi connectivity index (χ0) is 10.4. The van der Waals surface area contributed by atoms with Crippen molar-refractivity contribution in [1.82, 2.24) is 5.43 Å². The average Bonchev–Trinajstić information content (AvgIpc) is 2.19. The molecule has 0 saturated carbocycles. The van der Waals surface area contributed by atoms with Crippen molar-refractivity contribution in [1.29, 1.82) is 0 Å². The fraction of sp³-hybridized carbons (Fsp3) is 0.300. The maximum absolute atomic E-state index is 11.4. The summed E-state index contributed by atoms with van der Waals surface area (Å²) in [5.41, 5.74) is 3.92. The van der Waals surface area contributed by atoms with E-state index in [1.807, 2.05) is 12.1 Å². The van der Waals surface area contributed by atoms with Gasteiger partial charge in [0, 0.05) is 6.54 Å². The smallest absolute Gasteiger partial charge is 0.338 e. The second-order valence-corrected chi connectivity index (χ2v) is 2.76. The van der Waals surface area contributed by atoms with Gasteiger partial charge in [-0.3, -0.25) is 11.3 Å². The van der Waals surface area contributed by atoms with Crippen LogP contribution in [0, 0.1) is 0 Å². The number of hydrogen-bond acceptors (Lipinski definition) is 4. The van der Waals surface area contributed by atoms with Crippen LogP contribution in [0.25, 0.3) is 0 Å². The third-order valence-electron chi connectivity index (χ3n) is 1.81. The zero-order valence-corrected chi connectivity index (χ0v) is 8.12. The van der Waals surface area contributed by atoms with Crippen molar-refractivity contribution < 1.29 is 9.53 Å². The lowest BCUT2D eigenvalue weighted by molar-refractivity contribution is 0.0525. The lowest BCUT2D eigenvalue weighted by Gasteiger charge is -2.07. The summed E-state index contributed by atoms with van der Waals surface area (Å²) >= 11 is 0. The molecule has 0 unspecified atom stereocenters. The minimum absolute atomic E-state index is 0.307. The number of carbonyl (C=O) groups excluding carboxylic acids is 1. The second kappa shape index (κ2) is 5.36. The molecule has 0 amide bonds. The Kier molecular flexibility index (Phi) is 4.10. The van der Waals surface area contributed by atoms with Crippen molar-refractivity contribution in [2.24, 2.45) is 5.84 Å². The molecule has 0 radical (unpaired) electrons. The van der Waals surface area contributed by atoms with Gasteiger partial charge in [0.05, 0.1) is 12.2 Å². The number of esters is 1. The normalized spacial score (nSPS) is 9.86. The quantitative estimate of drug-likeness (QED) is 0.423. The third-order valence-corrected chi connectivity index (χ3v) is 1.81. The number of benzene rings is 1. The first kappa shape index (κ1) is 10.7. The molecule has 0 heterocycles. The van der Waals surface area contributed by atoms with E-state index in [2.05, 4.69) is 5.43 Å². The predicted octanol–water partition coefficient (Wildman–Crippen LogP) is 0.827. The van der Waals surface area contributed by atoms with Gasteiger partial charge in [-0.15, -0.1) is 0 Å². The summed E-state index contributed by atoms with van der Waals surface area (Å²) in [4.78, 5) is 11.4. The van der Waals surface area contributed by atoms with E-state index >= 15 is 0 Å². The number of carbonyl (C=O) groups is 1. The van der Waals surface area contributed by atoms with E-state index in [1.165, 1.54) is 0 Å². The molecule has 0 aliphatic carbocycles. The van der Waals surface area contributed by atoms with Crippen molar-refractivity contribution in [3.05, 3.63) is 35.4 Å². The molecule has 0 bridgehead atoms. The second-order valence-electron chi connectivity index (χ2n) is 2.76. The minimum atomic E-state index is -0.307.